The lowest BCUT2D eigenvalue weighted by Gasteiger charge is -2.32. The Bertz CT molecular complexity index is 568. The van der Waals surface area contributed by atoms with Gasteiger partial charge in [-0.05, 0) is 47.0 Å². The van der Waals surface area contributed by atoms with Crippen LogP contribution in [0.25, 0.3) is 0 Å². The first kappa shape index (κ1) is 16.9. The molecule has 0 bridgehead atoms. The molecule has 2 amide bonds. The van der Waals surface area contributed by atoms with E-state index in [9.17, 15) is 14.0 Å². The second-order valence-corrected chi connectivity index (χ2v) is 6.15. The van der Waals surface area contributed by atoms with Gasteiger partial charge in [-0.2, -0.15) is 0 Å². The summed E-state index contributed by atoms with van der Waals surface area (Å²) in [7, 11) is 0. The first-order valence-corrected chi connectivity index (χ1v) is 8.04. The highest BCUT2D eigenvalue weighted by molar-refractivity contribution is 9.10. The van der Waals surface area contributed by atoms with Crippen molar-refractivity contribution in [3.63, 3.8) is 0 Å². The number of likely N-dealkylation sites (tertiary alicyclic amines) is 1. The molecule has 1 atom stereocenters. The number of hydrogen-bond donors (Lipinski definition) is 2. The standard InChI is InChI=1S/C15H19BrFN3O2/c16-12-4-3-10(8-13(12)17)15(22)20-7-1-2-11(9-20)14(21)19-6-5-18/h3-4,8,11H,1-2,5-7,9,18H2,(H,19,21). The molecule has 7 heteroatoms. The minimum absolute atomic E-state index is 0.0788. The van der Waals surface area contributed by atoms with Crippen LogP contribution in [0, 0.1) is 11.7 Å². The molecule has 1 unspecified atom stereocenters. The molecule has 1 saturated heterocycles. The fourth-order valence-corrected chi connectivity index (χ4v) is 2.77. The topological polar surface area (TPSA) is 75.4 Å². The van der Waals surface area contributed by atoms with Crippen molar-refractivity contribution in [3.8, 4) is 0 Å². The predicted octanol–water partition coefficient (Wildman–Crippen LogP) is 1.52. The molecule has 3 N–H and O–H groups in total. The molecule has 1 aliphatic heterocycles. The third-order valence-electron chi connectivity index (χ3n) is 3.69. The van der Waals surface area contributed by atoms with E-state index >= 15 is 0 Å². The van der Waals surface area contributed by atoms with Gasteiger partial charge in [0.1, 0.15) is 5.82 Å². The maximum atomic E-state index is 13.6. The van der Waals surface area contributed by atoms with Crippen LogP contribution >= 0.6 is 15.9 Å². The quantitative estimate of drug-likeness (QED) is 0.842. The molecule has 0 radical (unpaired) electrons. The average molecular weight is 372 g/mol. The number of nitrogens with two attached hydrogens (primary N) is 1. The van der Waals surface area contributed by atoms with Crippen LogP contribution in [-0.4, -0.2) is 42.9 Å². The van der Waals surface area contributed by atoms with E-state index in [4.69, 9.17) is 5.73 Å². The smallest absolute Gasteiger partial charge is 0.253 e. The lowest BCUT2D eigenvalue weighted by molar-refractivity contribution is -0.126. The van der Waals surface area contributed by atoms with Crippen molar-refractivity contribution in [2.24, 2.45) is 11.7 Å². The summed E-state index contributed by atoms with van der Waals surface area (Å²) >= 11 is 3.06. The summed E-state index contributed by atoms with van der Waals surface area (Å²) in [5, 5.41) is 2.75. The first-order chi connectivity index (χ1) is 10.5. The summed E-state index contributed by atoms with van der Waals surface area (Å²) in [5.41, 5.74) is 5.66. The van der Waals surface area contributed by atoms with Gasteiger partial charge in [-0.3, -0.25) is 9.59 Å². The van der Waals surface area contributed by atoms with Crippen LogP contribution in [0.2, 0.25) is 0 Å². The zero-order chi connectivity index (χ0) is 16.1. The summed E-state index contributed by atoms with van der Waals surface area (Å²) < 4.78 is 13.9. The summed E-state index contributed by atoms with van der Waals surface area (Å²) in [4.78, 5) is 26.0. The minimum Gasteiger partial charge on any atom is -0.355 e. The number of rotatable bonds is 4. The van der Waals surface area contributed by atoms with Crippen molar-refractivity contribution < 1.29 is 14.0 Å². The molecule has 1 aromatic carbocycles. The van der Waals surface area contributed by atoms with Crippen LogP contribution in [-0.2, 0) is 4.79 Å². The van der Waals surface area contributed by atoms with E-state index in [1.165, 1.54) is 12.1 Å². The van der Waals surface area contributed by atoms with Crippen LogP contribution < -0.4 is 11.1 Å². The van der Waals surface area contributed by atoms with Crippen LogP contribution in [0.4, 0.5) is 4.39 Å². The number of carbonyl (C=O) groups is 2. The number of piperidine rings is 1. The van der Waals surface area contributed by atoms with Gasteiger partial charge in [0.25, 0.3) is 5.91 Å². The Balaban J connectivity index is 2.03. The van der Waals surface area contributed by atoms with Gasteiger partial charge in [0.15, 0.2) is 0 Å². The van der Waals surface area contributed by atoms with E-state index in [1.807, 2.05) is 0 Å². The number of amides is 2. The van der Waals surface area contributed by atoms with Crippen molar-refractivity contribution in [2.45, 2.75) is 12.8 Å². The largest absolute Gasteiger partial charge is 0.355 e. The van der Waals surface area contributed by atoms with Gasteiger partial charge in [-0.25, -0.2) is 4.39 Å². The van der Waals surface area contributed by atoms with Crippen molar-refractivity contribution in [1.82, 2.24) is 10.2 Å². The molecular formula is C15H19BrFN3O2. The van der Waals surface area contributed by atoms with E-state index in [1.54, 1.807) is 11.0 Å². The van der Waals surface area contributed by atoms with Gasteiger partial charge < -0.3 is 16.0 Å². The van der Waals surface area contributed by atoms with Gasteiger partial charge in [0, 0.05) is 31.7 Å². The minimum atomic E-state index is -0.472. The summed E-state index contributed by atoms with van der Waals surface area (Å²) in [6.45, 7) is 1.75. The highest BCUT2D eigenvalue weighted by Crippen LogP contribution is 2.21. The predicted molar refractivity (Wildman–Crippen MR) is 84.8 cm³/mol. The molecule has 2 rings (SSSR count). The highest BCUT2D eigenvalue weighted by atomic mass is 79.9. The lowest BCUT2D eigenvalue weighted by Crippen LogP contribution is -2.46. The molecule has 1 fully saturated rings. The van der Waals surface area contributed by atoms with E-state index in [2.05, 4.69) is 21.2 Å². The van der Waals surface area contributed by atoms with E-state index in [0.717, 1.165) is 12.8 Å². The summed E-state index contributed by atoms with van der Waals surface area (Å²) in [6, 6.07) is 4.30. The van der Waals surface area contributed by atoms with Gasteiger partial charge in [-0.15, -0.1) is 0 Å². The van der Waals surface area contributed by atoms with Crippen LogP contribution in [0.3, 0.4) is 0 Å². The Morgan fingerprint density at radius 2 is 2.23 bits per heavy atom. The van der Waals surface area contributed by atoms with Crippen molar-refractivity contribution in [2.75, 3.05) is 26.2 Å². The highest BCUT2D eigenvalue weighted by Gasteiger charge is 2.28. The van der Waals surface area contributed by atoms with E-state index in [0.29, 0.717) is 36.2 Å². The molecular weight excluding hydrogens is 353 g/mol. The van der Waals surface area contributed by atoms with Crippen molar-refractivity contribution in [3.05, 3.63) is 34.1 Å². The molecule has 0 saturated carbocycles. The number of carbonyl (C=O) groups excluding carboxylic acids is 2. The zero-order valence-corrected chi connectivity index (χ0v) is 13.7. The van der Waals surface area contributed by atoms with E-state index < -0.39 is 5.82 Å². The molecule has 5 nitrogen and oxygen atoms in total. The number of nitrogens with one attached hydrogen (secondary N) is 1. The van der Waals surface area contributed by atoms with Crippen molar-refractivity contribution in [1.29, 1.82) is 0 Å². The molecule has 0 aliphatic carbocycles. The lowest BCUT2D eigenvalue weighted by atomic mass is 9.96. The first-order valence-electron chi connectivity index (χ1n) is 7.25. The average Bonchev–Trinajstić information content (AvgIpc) is 2.54. The van der Waals surface area contributed by atoms with Crippen LogP contribution in [0.1, 0.15) is 23.2 Å². The third kappa shape index (κ3) is 4.04. The Kier molecular flexibility index (Phi) is 5.90. The maximum absolute atomic E-state index is 13.6. The van der Waals surface area contributed by atoms with Gasteiger partial charge in [0.05, 0.1) is 10.4 Å². The number of halogens is 2. The molecule has 0 aromatic heterocycles. The van der Waals surface area contributed by atoms with Crippen LogP contribution in [0.5, 0.6) is 0 Å². The normalized spacial score (nSPS) is 18.1. The maximum Gasteiger partial charge on any atom is 0.253 e. The fraction of sp³-hybridized carbons (Fsp3) is 0.467. The van der Waals surface area contributed by atoms with Crippen LogP contribution in [0.15, 0.2) is 22.7 Å². The zero-order valence-electron chi connectivity index (χ0n) is 12.1. The van der Waals surface area contributed by atoms with Gasteiger partial charge in [0.2, 0.25) is 5.91 Å². The molecule has 1 aliphatic rings. The van der Waals surface area contributed by atoms with Gasteiger partial charge >= 0.3 is 0 Å². The van der Waals surface area contributed by atoms with Gasteiger partial charge in [-0.1, -0.05) is 0 Å². The second kappa shape index (κ2) is 7.69. The van der Waals surface area contributed by atoms with Crippen molar-refractivity contribution >= 4 is 27.7 Å². The number of hydrogen-bond acceptors (Lipinski definition) is 3. The fourth-order valence-electron chi connectivity index (χ4n) is 2.53. The Morgan fingerprint density at radius 3 is 2.91 bits per heavy atom. The second-order valence-electron chi connectivity index (χ2n) is 5.30. The monoisotopic (exact) mass is 371 g/mol. The molecule has 1 heterocycles. The summed E-state index contributed by atoms with van der Waals surface area (Å²) in [6.07, 6.45) is 1.50. The third-order valence-corrected chi connectivity index (χ3v) is 4.33. The Labute approximate surface area is 137 Å². The summed E-state index contributed by atoms with van der Waals surface area (Å²) in [5.74, 6) is -1.03. The number of benzene rings is 1. The molecule has 22 heavy (non-hydrogen) atoms. The van der Waals surface area contributed by atoms with E-state index in [-0.39, 0.29) is 17.7 Å². The Morgan fingerprint density at radius 1 is 1.45 bits per heavy atom. The molecule has 1 aromatic rings. The molecule has 0 spiro atoms. The number of nitrogens with zero attached hydrogens (tertiary/aromatic N) is 1. The SMILES string of the molecule is NCCNC(=O)C1CCCN(C(=O)c2ccc(Br)c(F)c2)C1. The molecule has 120 valence electrons. The Hall–Kier alpha value is -1.47.